The van der Waals surface area contributed by atoms with Gasteiger partial charge in [0.2, 0.25) is 5.91 Å². The Bertz CT molecular complexity index is 443. The molecule has 6 nitrogen and oxygen atoms in total. The molecule has 1 aliphatic carbocycles. The molecule has 1 aromatic rings. The zero-order valence-corrected chi connectivity index (χ0v) is 9.27. The Morgan fingerprint density at radius 1 is 1.47 bits per heavy atom. The lowest BCUT2D eigenvalue weighted by Gasteiger charge is -2.06. The second kappa shape index (κ2) is 4.82. The number of hydrogen-bond donors (Lipinski definition) is 3. The van der Waals surface area contributed by atoms with Gasteiger partial charge in [-0.15, -0.1) is 0 Å². The van der Waals surface area contributed by atoms with E-state index >= 15 is 0 Å². The number of aromatic nitrogens is 1. The van der Waals surface area contributed by atoms with Crippen molar-refractivity contribution >= 4 is 17.5 Å². The summed E-state index contributed by atoms with van der Waals surface area (Å²) in [6.07, 6.45) is 3.52. The minimum absolute atomic E-state index is 0.0503. The summed E-state index contributed by atoms with van der Waals surface area (Å²) >= 11 is 0. The molecule has 1 aliphatic rings. The molecule has 17 heavy (non-hydrogen) atoms. The van der Waals surface area contributed by atoms with Crippen molar-refractivity contribution in [1.82, 2.24) is 15.6 Å². The first-order chi connectivity index (χ1) is 8.16. The van der Waals surface area contributed by atoms with Crippen LogP contribution in [0, 0.1) is 0 Å². The largest absolute Gasteiger partial charge is 0.397 e. The van der Waals surface area contributed by atoms with E-state index in [4.69, 9.17) is 5.73 Å². The number of anilines is 1. The quantitative estimate of drug-likeness (QED) is 0.664. The third-order valence-electron chi connectivity index (χ3n) is 2.41. The van der Waals surface area contributed by atoms with Crippen LogP contribution in [0.2, 0.25) is 0 Å². The highest BCUT2D eigenvalue weighted by molar-refractivity contribution is 5.98. The number of amides is 2. The van der Waals surface area contributed by atoms with Gasteiger partial charge in [0.05, 0.1) is 12.2 Å². The van der Waals surface area contributed by atoms with Crippen molar-refractivity contribution in [2.24, 2.45) is 0 Å². The number of nitrogen functional groups attached to an aromatic ring is 1. The van der Waals surface area contributed by atoms with E-state index in [1.165, 1.54) is 6.20 Å². The van der Waals surface area contributed by atoms with Crippen molar-refractivity contribution < 1.29 is 9.59 Å². The SMILES string of the molecule is Nc1cccnc1C(=O)NCC(=O)NC1CC1. The number of carbonyl (C=O) groups is 2. The van der Waals surface area contributed by atoms with Gasteiger partial charge in [-0.05, 0) is 25.0 Å². The number of nitrogens with two attached hydrogens (primary N) is 1. The number of pyridine rings is 1. The molecule has 0 aromatic carbocycles. The maximum Gasteiger partial charge on any atom is 0.272 e. The lowest BCUT2D eigenvalue weighted by molar-refractivity contribution is -0.120. The molecule has 0 bridgehead atoms. The fourth-order valence-corrected chi connectivity index (χ4v) is 1.36. The Kier molecular flexibility index (Phi) is 3.22. The van der Waals surface area contributed by atoms with Crippen LogP contribution in [-0.4, -0.2) is 29.4 Å². The van der Waals surface area contributed by atoms with Crippen molar-refractivity contribution in [2.45, 2.75) is 18.9 Å². The van der Waals surface area contributed by atoms with Crippen LogP contribution in [0.15, 0.2) is 18.3 Å². The van der Waals surface area contributed by atoms with E-state index in [1.54, 1.807) is 12.1 Å². The third kappa shape index (κ3) is 3.17. The molecule has 0 saturated heterocycles. The second-order valence-electron chi connectivity index (χ2n) is 3.97. The predicted octanol–water partition coefficient (Wildman–Crippen LogP) is -0.328. The highest BCUT2D eigenvalue weighted by Gasteiger charge is 2.23. The van der Waals surface area contributed by atoms with Gasteiger partial charge in [0, 0.05) is 12.2 Å². The van der Waals surface area contributed by atoms with Crippen LogP contribution >= 0.6 is 0 Å². The van der Waals surface area contributed by atoms with Gasteiger partial charge < -0.3 is 16.4 Å². The predicted molar refractivity (Wildman–Crippen MR) is 62.1 cm³/mol. The lowest BCUT2D eigenvalue weighted by atomic mass is 10.3. The van der Waals surface area contributed by atoms with Gasteiger partial charge in [-0.3, -0.25) is 9.59 Å². The first-order valence-electron chi connectivity index (χ1n) is 5.45. The lowest BCUT2D eigenvalue weighted by Crippen LogP contribution is -2.38. The van der Waals surface area contributed by atoms with Crippen molar-refractivity contribution in [2.75, 3.05) is 12.3 Å². The van der Waals surface area contributed by atoms with Crippen LogP contribution in [0.25, 0.3) is 0 Å². The first-order valence-corrected chi connectivity index (χ1v) is 5.45. The van der Waals surface area contributed by atoms with Gasteiger partial charge in [-0.1, -0.05) is 0 Å². The summed E-state index contributed by atoms with van der Waals surface area (Å²) in [7, 11) is 0. The van der Waals surface area contributed by atoms with E-state index in [1.807, 2.05) is 0 Å². The van der Waals surface area contributed by atoms with Gasteiger partial charge in [0.15, 0.2) is 5.69 Å². The van der Waals surface area contributed by atoms with E-state index in [2.05, 4.69) is 15.6 Å². The fourth-order valence-electron chi connectivity index (χ4n) is 1.36. The normalized spacial score (nSPS) is 14.1. The summed E-state index contributed by atoms with van der Waals surface area (Å²) in [4.78, 5) is 26.8. The first kappa shape index (κ1) is 11.4. The molecule has 0 atom stereocenters. The number of hydrogen-bond acceptors (Lipinski definition) is 4. The molecule has 0 radical (unpaired) electrons. The monoisotopic (exact) mass is 234 g/mol. The summed E-state index contributed by atoms with van der Waals surface area (Å²) in [6, 6.07) is 3.53. The second-order valence-corrected chi connectivity index (χ2v) is 3.97. The van der Waals surface area contributed by atoms with Crippen molar-refractivity contribution in [3.8, 4) is 0 Å². The molecule has 2 amide bonds. The molecule has 1 fully saturated rings. The minimum atomic E-state index is -0.436. The minimum Gasteiger partial charge on any atom is -0.397 e. The van der Waals surface area contributed by atoms with E-state index in [0.717, 1.165) is 12.8 Å². The summed E-state index contributed by atoms with van der Waals surface area (Å²) < 4.78 is 0. The molecule has 0 spiro atoms. The molecule has 1 aromatic heterocycles. The third-order valence-corrected chi connectivity index (χ3v) is 2.41. The zero-order valence-electron chi connectivity index (χ0n) is 9.27. The summed E-state index contributed by atoms with van der Waals surface area (Å²) in [5, 5.41) is 5.25. The number of carbonyl (C=O) groups excluding carboxylic acids is 2. The number of nitrogens with zero attached hydrogens (tertiary/aromatic N) is 1. The summed E-state index contributed by atoms with van der Waals surface area (Å²) in [5.41, 5.74) is 6.04. The molecule has 2 rings (SSSR count). The van der Waals surface area contributed by atoms with E-state index < -0.39 is 5.91 Å². The van der Waals surface area contributed by atoms with Crippen LogP contribution in [0.4, 0.5) is 5.69 Å². The Hall–Kier alpha value is -2.11. The molecule has 1 saturated carbocycles. The average molecular weight is 234 g/mol. The van der Waals surface area contributed by atoms with Crippen molar-refractivity contribution in [1.29, 1.82) is 0 Å². The van der Waals surface area contributed by atoms with Crippen molar-refractivity contribution in [3.63, 3.8) is 0 Å². The maximum atomic E-state index is 11.6. The Labute approximate surface area is 98.6 Å². The standard InChI is InChI=1S/C11H14N4O2/c12-8-2-1-5-13-10(8)11(17)14-6-9(16)15-7-3-4-7/h1-2,5,7H,3-4,6,12H2,(H,14,17)(H,15,16). The molecule has 6 heteroatoms. The smallest absolute Gasteiger partial charge is 0.272 e. The van der Waals surface area contributed by atoms with E-state index in [0.29, 0.717) is 11.7 Å². The molecular weight excluding hydrogens is 220 g/mol. The average Bonchev–Trinajstić information content (AvgIpc) is 3.10. The Morgan fingerprint density at radius 2 is 2.24 bits per heavy atom. The van der Waals surface area contributed by atoms with Gasteiger partial charge in [-0.2, -0.15) is 0 Å². The fraction of sp³-hybridized carbons (Fsp3) is 0.364. The van der Waals surface area contributed by atoms with Crippen LogP contribution in [-0.2, 0) is 4.79 Å². The van der Waals surface area contributed by atoms with Gasteiger partial charge >= 0.3 is 0 Å². The topological polar surface area (TPSA) is 97.1 Å². The Morgan fingerprint density at radius 3 is 2.88 bits per heavy atom. The van der Waals surface area contributed by atoms with Gasteiger partial charge in [-0.25, -0.2) is 4.98 Å². The number of rotatable bonds is 4. The van der Waals surface area contributed by atoms with Crippen LogP contribution < -0.4 is 16.4 Å². The van der Waals surface area contributed by atoms with Crippen molar-refractivity contribution in [3.05, 3.63) is 24.0 Å². The molecule has 0 unspecified atom stereocenters. The van der Waals surface area contributed by atoms with Crippen LogP contribution in [0.5, 0.6) is 0 Å². The zero-order chi connectivity index (χ0) is 12.3. The summed E-state index contributed by atoms with van der Waals surface area (Å²) in [6.45, 7) is -0.0503. The van der Waals surface area contributed by atoms with Crippen LogP contribution in [0.3, 0.4) is 0 Å². The number of nitrogens with one attached hydrogen (secondary N) is 2. The van der Waals surface area contributed by atoms with Crippen LogP contribution in [0.1, 0.15) is 23.3 Å². The summed E-state index contributed by atoms with van der Waals surface area (Å²) in [5.74, 6) is -0.621. The molecule has 90 valence electrons. The maximum absolute atomic E-state index is 11.6. The molecule has 1 heterocycles. The highest BCUT2D eigenvalue weighted by Crippen LogP contribution is 2.18. The van der Waals surface area contributed by atoms with E-state index in [9.17, 15) is 9.59 Å². The molecular formula is C11H14N4O2. The Balaban J connectivity index is 1.84. The van der Waals surface area contributed by atoms with E-state index in [-0.39, 0.29) is 18.1 Å². The highest BCUT2D eigenvalue weighted by atomic mass is 16.2. The van der Waals surface area contributed by atoms with Gasteiger partial charge in [0.1, 0.15) is 0 Å². The molecule has 4 N–H and O–H groups in total. The molecule has 0 aliphatic heterocycles. The van der Waals surface area contributed by atoms with Gasteiger partial charge in [0.25, 0.3) is 5.91 Å².